The molecule has 0 N–H and O–H groups in total. The van der Waals surface area contributed by atoms with Crippen molar-refractivity contribution in [3.63, 3.8) is 0 Å². The van der Waals surface area contributed by atoms with Gasteiger partial charge in [0.1, 0.15) is 0 Å². The van der Waals surface area contributed by atoms with E-state index in [4.69, 9.17) is 38.9 Å². The van der Waals surface area contributed by atoms with Crippen molar-refractivity contribution in [1.82, 2.24) is 0 Å². The van der Waals surface area contributed by atoms with Crippen molar-refractivity contribution < 1.29 is 38.9 Å². The summed E-state index contributed by atoms with van der Waals surface area (Å²) in [4.78, 5) is 0. The molecule has 0 aliphatic carbocycles. The highest BCUT2D eigenvalue weighted by atomic mass is 28.5. The fraction of sp³-hybridized carbons (Fsp3) is 1.00. The summed E-state index contributed by atoms with van der Waals surface area (Å²) in [7, 11) is -13.1. The van der Waals surface area contributed by atoms with Crippen LogP contribution in [-0.2, 0) is 38.9 Å². The van der Waals surface area contributed by atoms with Gasteiger partial charge in [0.2, 0.25) is 0 Å². The Kier molecular flexibility index (Phi) is 14.4. The number of hydrogen-bond donors (Lipinski definition) is 0. The van der Waals surface area contributed by atoms with E-state index < -0.39 is 40.3 Å². The van der Waals surface area contributed by atoms with Crippen LogP contribution in [0.4, 0.5) is 0 Å². The molecule has 0 heterocycles. The Balaban J connectivity index is 6.72. The first-order chi connectivity index (χ1) is 14.7. The van der Waals surface area contributed by atoms with Crippen molar-refractivity contribution in [3.05, 3.63) is 0 Å². The first kappa shape index (κ1) is 32.5. The largest absolute Gasteiger partial charge is 0.490 e. The standard InChI is InChI=1S/C19H48O9Si4/c1-13-20-29(10,21-14-2)26-32(19(7,8)9,27-30(11,22-15-3)23-16-4)28-31(12,24-17-5)25-18-6/h13-18H2,1-12H3. The Morgan fingerprint density at radius 3 is 0.750 bits per heavy atom. The molecule has 0 amide bonds. The predicted molar refractivity (Wildman–Crippen MR) is 133 cm³/mol. The summed E-state index contributed by atoms with van der Waals surface area (Å²) in [6, 6.07) is 0. The third-order valence-corrected chi connectivity index (χ3v) is 18.7. The summed E-state index contributed by atoms with van der Waals surface area (Å²) in [5.74, 6) is 0. The van der Waals surface area contributed by atoms with Gasteiger partial charge in [-0.2, -0.15) is 0 Å². The average Bonchev–Trinajstić information content (AvgIpc) is 2.61. The zero-order valence-electron chi connectivity index (χ0n) is 22.4. The zero-order chi connectivity index (χ0) is 25.1. The maximum Gasteiger partial charge on any atom is 0.490 e. The molecule has 9 nitrogen and oxygen atoms in total. The zero-order valence-corrected chi connectivity index (χ0v) is 26.4. The minimum atomic E-state index is -3.69. The predicted octanol–water partition coefficient (Wildman–Crippen LogP) is 4.70. The minimum absolute atomic E-state index is 0.439. The van der Waals surface area contributed by atoms with E-state index >= 15 is 0 Å². The number of rotatable bonds is 18. The summed E-state index contributed by atoms with van der Waals surface area (Å²) in [6.45, 7) is 25.7. The van der Waals surface area contributed by atoms with Crippen molar-refractivity contribution in [2.75, 3.05) is 39.6 Å². The molecule has 13 heteroatoms. The van der Waals surface area contributed by atoms with E-state index in [0.29, 0.717) is 39.6 Å². The molecule has 0 aromatic rings. The van der Waals surface area contributed by atoms with E-state index in [1.165, 1.54) is 0 Å². The van der Waals surface area contributed by atoms with Crippen LogP contribution >= 0.6 is 0 Å². The maximum absolute atomic E-state index is 6.79. The van der Waals surface area contributed by atoms with E-state index in [-0.39, 0.29) is 0 Å². The van der Waals surface area contributed by atoms with Crippen molar-refractivity contribution in [3.8, 4) is 0 Å². The van der Waals surface area contributed by atoms with Gasteiger partial charge in [0, 0.05) is 64.3 Å². The van der Waals surface area contributed by atoms with E-state index in [1.807, 2.05) is 82.0 Å². The second-order valence-corrected chi connectivity index (χ2v) is 20.3. The first-order valence-electron chi connectivity index (χ1n) is 11.7. The van der Waals surface area contributed by atoms with Crippen LogP contribution in [0, 0.1) is 0 Å². The highest BCUT2D eigenvalue weighted by molar-refractivity contribution is 6.86. The third-order valence-electron chi connectivity index (χ3n) is 4.32. The van der Waals surface area contributed by atoms with Crippen LogP contribution in [0.5, 0.6) is 0 Å². The van der Waals surface area contributed by atoms with E-state index in [9.17, 15) is 0 Å². The molecule has 194 valence electrons. The van der Waals surface area contributed by atoms with Gasteiger partial charge in [-0.3, -0.25) is 0 Å². The van der Waals surface area contributed by atoms with Gasteiger partial charge in [-0.05, 0) is 41.5 Å². The quantitative estimate of drug-likeness (QED) is 0.233. The molecule has 32 heavy (non-hydrogen) atoms. The summed E-state index contributed by atoms with van der Waals surface area (Å²) in [5, 5.41) is -0.583. The number of hydrogen-bond acceptors (Lipinski definition) is 9. The van der Waals surface area contributed by atoms with Crippen LogP contribution < -0.4 is 0 Å². The maximum atomic E-state index is 6.79. The van der Waals surface area contributed by atoms with Gasteiger partial charge in [-0.15, -0.1) is 0 Å². The Bertz CT molecular complexity index is 442. The molecule has 0 aromatic carbocycles. The van der Waals surface area contributed by atoms with Gasteiger partial charge in [0.15, 0.2) is 0 Å². The first-order valence-corrected chi connectivity index (χ1v) is 20.1. The van der Waals surface area contributed by atoms with E-state index in [1.54, 1.807) is 0 Å². The Morgan fingerprint density at radius 2 is 0.625 bits per heavy atom. The van der Waals surface area contributed by atoms with Crippen LogP contribution in [0.15, 0.2) is 0 Å². The molecule has 0 saturated carbocycles. The lowest BCUT2D eigenvalue weighted by Crippen LogP contribution is -2.70. The normalized spacial score (nSPS) is 14.2. The fourth-order valence-electron chi connectivity index (χ4n) is 3.13. The van der Waals surface area contributed by atoms with Crippen molar-refractivity contribution in [1.29, 1.82) is 0 Å². The van der Waals surface area contributed by atoms with Crippen LogP contribution in [-0.4, -0.2) is 74.9 Å². The van der Waals surface area contributed by atoms with Crippen molar-refractivity contribution in [2.24, 2.45) is 0 Å². The lowest BCUT2D eigenvalue weighted by atomic mass is 10.3. The lowest BCUT2D eigenvalue weighted by molar-refractivity contribution is 0.0307. The molecule has 0 aliphatic heterocycles. The smallest absolute Gasteiger partial charge is 0.374 e. The molecule has 0 radical (unpaired) electrons. The van der Waals surface area contributed by atoms with Crippen LogP contribution in [0.1, 0.15) is 62.3 Å². The van der Waals surface area contributed by atoms with E-state index in [2.05, 4.69) is 0 Å². The SMILES string of the molecule is CCO[Si](C)(OCC)O[Si](O[Si](C)(OCC)OCC)(O[Si](C)(OCC)OCC)C(C)(C)C. The van der Waals surface area contributed by atoms with Gasteiger partial charge in [-0.25, -0.2) is 0 Å². The van der Waals surface area contributed by atoms with Gasteiger partial charge >= 0.3 is 35.2 Å². The Morgan fingerprint density at radius 1 is 0.438 bits per heavy atom. The second-order valence-electron chi connectivity index (χ2n) is 8.30. The summed E-state index contributed by atoms with van der Waals surface area (Å²) in [6.07, 6.45) is 0. The van der Waals surface area contributed by atoms with Crippen molar-refractivity contribution in [2.45, 2.75) is 87.0 Å². The van der Waals surface area contributed by atoms with Crippen LogP contribution in [0.25, 0.3) is 0 Å². The average molecular weight is 533 g/mol. The summed E-state index contributed by atoms with van der Waals surface area (Å²) < 4.78 is 56.5. The molecule has 0 fully saturated rings. The Hall–Kier alpha value is 0.508. The van der Waals surface area contributed by atoms with Gasteiger partial charge < -0.3 is 38.9 Å². The molecule has 0 atom stereocenters. The summed E-state index contributed by atoms with van der Waals surface area (Å²) in [5.41, 5.74) is 0. The lowest BCUT2D eigenvalue weighted by Gasteiger charge is -2.48. The minimum Gasteiger partial charge on any atom is -0.374 e. The highest BCUT2D eigenvalue weighted by Crippen LogP contribution is 2.44. The molecule has 0 aliphatic rings. The monoisotopic (exact) mass is 532 g/mol. The van der Waals surface area contributed by atoms with E-state index in [0.717, 1.165) is 0 Å². The highest BCUT2D eigenvalue weighted by Gasteiger charge is 2.66. The second kappa shape index (κ2) is 14.2. The molecule has 0 aromatic heterocycles. The summed E-state index contributed by atoms with van der Waals surface area (Å²) >= 11 is 0. The van der Waals surface area contributed by atoms with Crippen LogP contribution in [0.2, 0.25) is 24.7 Å². The molecular formula is C19H48O9Si4. The molecule has 0 unspecified atom stereocenters. The van der Waals surface area contributed by atoms with Crippen molar-refractivity contribution >= 4 is 35.2 Å². The Labute approximate surface area is 200 Å². The molecule has 0 rings (SSSR count). The topological polar surface area (TPSA) is 83.1 Å². The third kappa shape index (κ3) is 10.0. The molecular weight excluding hydrogens is 485 g/mol. The fourth-order valence-corrected chi connectivity index (χ4v) is 19.1. The molecule has 0 saturated heterocycles. The van der Waals surface area contributed by atoms with Gasteiger partial charge in [0.05, 0.1) is 0 Å². The van der Waals surface area contributed by atoms with Crippen LogP contribution in [0.3, 0.4) is 0 Å². The van der Waals surface area contributed by atoms with Gasteiger partial charge in [0.25, 0.3) is 0 Å². The molecule has 0 spiro atoms. The molecule has 0 bridgehead atoms. The van der Waals surface area contributed by atoms with Gasteiger partial charge in [-0.1, -0.05) is 20.8 Å².